The molecule has 1 unspecified atom stereocenters. The predicted molar refractivity (Wildman–Crippen MR) is 74.7 cm³/mol. The zero-order valence-corrected chi connectivity index (χ0v) is 11.5. The maximum atomic E-state index is 11.2. The zero-order chi connectivity index (χ0) is 13.8. The van der Waals surface area contributed by atoms with E-state index in [1.165, 1.54) is 0 Å². The smallest absolute Gasteiger partial charge is 0.339 e. The summed E-state index contributed by atoms with van der Waals surface area (Å²) >= 11 is 0. The Labute approximate surface area is 113 Å². The molecule has 1 aromatic heterocycles. The van der Waals surface area contributed by atoms with Crippen molar-refractivity contribution in [2.24, 2.45) is 0 Å². The van der Waals surface area contributed by atoms with Gasteiger partial charge in [-0.2, -0.15) is 0 Å². The molecule has 1 N–H and O–H groups in total. The fourth-order valence-electron chi connectivity index (χ4n) is 2.79. The van der Waals surface area contributed by atoms with Gasteiger partial charge in [0.05, 0.1) is 0 Å². The lowest BCUT2D eigenvalue weighted by Crippen LogP contribution is -2.37. The molecule has 0 spiro atoms. The minimum Gasteiger partial charge on any atom is -0.478 e. The van der Waals surface area contributed by atoms with E-state index < -0.39 is 5.97 Å². The molecule has 104 valence electrons. The highest BCUT2D eigenvalue weighted by atomic mass is 16.4. The van der Waals surface area contributed by atoms with Gasteiger partial charge in [-0.05, 0) is 31.6 Å². The van der Waals surface area contributed by atoms with E-state index >= 15 is 0 Å². The number of aromatic nitrogens is 1. The summed E-state index contributed by atoms with van der Waals surface area (Å²) in [7, 11) is 0. The van der Waals surface area contributed by atoms with Gasteiger partial charge in [0, 0.05) is 25.3 Å². The SMILES string of the molecule is CCN(CC)C1CCN(c2ncccc2C(=O)O)C1. The van der Waals surface area contributed by atoms with Crippen molar-refractivity contribution in [3.05, 3.63) is 23.9 Å². The average Bonchev–Trinajstić information content (AvgIpc) is 2.89. The van der Waals surface area contributed by atoms with Crippen LogP contribution in [-0.4, -0.2) is 53.2 Å². The van der Waals surface area contributed by atoms with Crippen molar-refractivity contribution in [2.45, 2.75) is 26.3 Å². The lowest BCUT2D eigenvalue weighted by atomic mass is 10.2. The van der Waals surface area contributed by atoms with Crippen LogP contribution in [0.5, 0.6) is 0 Å². The van der Waals surface area contributed by atoms with Gasteiger partial charge >= 0.3 is 5.97 Å². The number of aromatic carboxylic acids is 1. The van der Waals surface area contributed by atoms with Crippen molar-refractivity contribution in [3.63, 3.8) is 0 Å². The third-order valence-electron chi connectivity index (χ3n) is 3.81. The summed E-state index contributed by atoms with van der Waals surface area (Å²) in [6.45, 7) is 8.12. The van der Waals surface area contributed by atoms with Gasteiger partial charge < -0.3 is 10.0 Å². The van der Waals surface area contributed by atoms with E-state index in [4.69, 9.17) is 0 Å². The summed E-state index contributed by atoms with van der Waals surface area (Å²) in [5.74, 6) is -0.306. The number of carbonyl (C=O) groups is 1. The number of nitrogens with zero attached hydrogens (tertiary/aromatic N) is 3. The Hall–Kier alpha value is -1.62. The predicted octanol–water partition coefficient (Wildman–Crippen LogP) is 1.70. The molecule has 2 heterocycles. The van der Waals surface area contributed by atoms with Crippen molar-refractivity contribution in [2.75, 3.05) is 31.1 Å². The summed E-state index contributed by atoms with van der Waals surface area (Å²) in [6.07, 6.45) is 2.73. The standard InChI is InChI=1S/C14H21N3O2/c1-3-16(4-2)11-7-9-17(10-11)13-12(14(18)19)6-5-8-15-13/h5-6,8,11H,3-4,7,9-10H2,1-2H3,(H,18,19). The molecule has 1 aliphatic rings. The van der Waals surface area contributed by atoms with Gasteiger partial charge in [-0.15, -0.1) is 0 Å². The number of rotatable bonds is 5. The molecule has 0 aliphatic carbocycles. The largest absolute Gasteiger partial charge is 0.478 e. The highest BCUT2D eigenvalue weighted by Crippen LogP contribution is 2.24. The van der Waals surface area contributed by atoms with Crippen LogP contribution in [0.2, 0.25) is 0 Å². The molecule has 2 rings (SSSR count). The van der Waals surface area contributed by atoms with Crippen molar-refractivity contribution >= 4 is 11.8 Å². The van der Waals surface area contributed by atoms with Gasteiger partial charge in [0.15, 0.2) is 0 Å². The molecule has 0 aromatic carbocycles. The quantitative estimate of drug-likeness (QED) is 0.876. The van der Waals surface area contributed by atoms with Crippen molar-refractivity contribution in [3.8, 4) is 0 Å². The molecule has 19 heavy (non-hydrogen) atoms. The van der Waals surface area contributed by atoms with Crippen LogP contribution < -0.4 is 4.90 Å². The van der Waals surface area contributed by atoms with Crippen LogP contribution in [-0.2, 0) is 0 Å². The van der Waals surface area contributed by atoms with Gasteiger partial charge in [0.2, 0.25) is 0 Å². The lowest BCUT2D eigenvalue weighted by Gasteiger charge is -2.26. The Morgan fingerprint density at radius 1 is 1.53 bits per heavy atom. The molecule has 1 atom stereocenters. The second kappa shape index (κ2) is 6.02. The van der Waals surface area contributed by atoms with Gasteiger partial charge in [0.1, 0.15) is 11.4 Å². The Balaban J connectivity index is 2.15. The van der Waals surface area contributed by atoms with Crippen LogP contribution in [0, 0.1) is 0 Å². The maximum Gasteiger partial charge on any atom is 0.339 e. The molecule has 1 aliphatic heterocycles. The van der Waals surface area contributed by atoms with E-state index in [0.29, 0.717) is 17.4 Å². The second-order valence-corrected chi connectivity index (χ2v) is 4.79. The van der Waals surface area contributed by atoms with Gasteiger partial charge in [-0.3, -0.25) is 4.90 Å². The highest BCUT2D eigenvalue weighted by molar-refractivity contribution is 5.93. The van der Waals surface area contributed by atoms with E-state index in [0.717, 1.165) is 32.6 Å². The molecule has 5 heteroatoms. The normalized spacial score (nSPS) is 19.1. The van der Waals surface area contributed by atoms with Gasteiger partial charge in [0.25, 0.3) is 0 Å². The highest BCUT2D eigenvalue weighted by Gasteiger charge is 2.29. The molecule has 0 radical (unpaired) electrons. The van der Waals surface area contributed by atoms with Crippen LogP contribution in [0.4, 0.5) is 5.82 Å². The number of likely N-dealkylation sites (N-methyl/N-ethyl adjacent to an activating group) is 1. The second-order valence-electron chi connectivity index (χ2n) is 4.79. The number of hydrogen-bond donors (Lipinski definition) is 1. The van der Waals surface area contributed by atoms with Gasteiger partial charge in [-0.25, -0.2) is 9.78 Å². The monoisotopic (exact) mass is 263 g/mol. The molecular formula is C14H21N3O2. The number of pyridine rings is 1. The zero-order valence-electron chi connectivity index (χ0n) is 11.5. The minimum absolute atomic E-state index is 0.294. The van der Waals surface area contributed by atoms with Crippen LogP contribution in [0.3, 0.4) is 0 Å². The maximum absolute atomic E-state index is 11.2. The molecular weight excluding hydrogens is 242 g/mol. The fourth-order valence-corrected chi connectivity index (χ4v) is 2.79. The molecule has 0 saturated carbocycles. The first kappa shape index (κ1) is 13.8. The van der Waals surface area contributed by atoms with Crippen molar-refractivity contribution in [1.29, 1.82) is 0 Å². The Morgan fingerprint density at radius 3 is 2.89 bits per heavy atom. The lowest BCUT2D eigenvalue weighted by molar-refractivity contribution is 0.0697. The average molecular weight is 263 g/mol. The summed E-state index contributed by atoms with van der Waals surface area (Å²) in [5.41, 5.74) is 0.294. The molecule has 1 aromatic rings. The van der Waals surface area contributed by atoms with E-state index in [2.05, 4.69) is 28.6 Å². The molecule has 1 saturated heterocycles. The Bertz CT molecular complexity index is 446. The van der Waals surface area contributed by atoms with Crippen LogP contribution in [0.15, 0.2) is 18.3 Å². The third-order valence-corrected chi connectivity index (χ3v) is 3.81. The minimum atomic E-state index is -0.908. The first-order valence-corrected chi connectivity index (χ1v) is 6.84. The number of carboxylic acids is 1. The van der Waals surface area contributed by atoms with E-state index in [1.807, 2.05) is 0 Å². The molecule has 0 amide bonds. The van der Waals surface area contributed by atoms with E-state index in [9.17, 15) is 9.90 Å². The van der Waals surface area contributed by atoms with Gasteiger partial charge in [-0.1, -0.05) is 13.8 Å². The van der Waals surface area contributed by atoms with Crippen LogP contribution in [0.25, 0.3) is 0 Å². The van der Waals surface area contributed by atoms with E-state index in [-0.39, 0.29) is 0 Å². The number of hydrogen-bond acceptors (Lipinski definition) is 4. The van der Waals surface area contributed by atoms with Crippen molar-refractivity contribution < 1.29 is 9.90 Å². The molecule has 5 nitrogen and oxygen atoms in total. The number of carboxylic acid groups (broad SMARTS) is 1. The van der Waals surface area contributed by atoms with Crippen LogP contribution >= 0.6 is 0 Å². The summed E-state index contributed by atoms with van der Waals surface area (Å²) in [4.78, 5) is 20.0. The topological polar surface area (TPSA) is 56.7 Å². The Kier molecular flexibility index (Phi) is 4.37. The summed E-state index contributed by atoms with van der Waals surface area (Å²) < 4.78 is 0. The summed E-state index contributed by atoms with van der Waals surface area (Å²) in [5, 5.41) is 9.22. The first-order valence-electron chi connectivity index (χ1n) is 6.84. The van der Waals surface area contributed by atoms with Crippen LogP contribution in [0.1, 0.15) is 30.6 Å². The van der Waals surface area contributed by atoms with E-state index in [1.54, 1.807) is 18.3 Å². The molecule has 0 bridgehead atoms. The van der Waals surface area contributed by atoms with Crippen molar-refractivity contribution in [1.82, 2.24) is 9.88 Å². The fraction of sp³-hybridized carbons (Fsp3) is 0.571. The first-order chi connectivity index (χ1) is 9.17. The molecule has 1 fully saturated rings. The summed E-state index contributed by atoms with van der Waals surface area (Å²) in [6, 6.07) is 3.79. The number of anilines is 1. The Morgan fingerprint density at radius 2 is 2.26 bits per heavy atom. The third kappa shape index (κ3) is 2.87.